The first kappa shape index (κ1) is 11.1. The number of hydrogen-bond acceptors (Lipinski definition) is 4. The summed E-state index contributed by atoms with van der Waals surface area (Å²) in [5, 5.41) is 1.48. The predicted octanol–water partition coefficient (Wildman–Crippen LogP) is 1.86. The van der Waals surface area contributed by atoms with Gasteiger partial charge in [-0.1, -0.05) is 19.8 Å². The minimum atomic E-state index is 0.537. The number of hydrogen-bond donors (Lipinski definition) is 2. The molecule has 2 rings (SSSR count). The second-order valence-electron chi connectivity index (χ2n) is 4.36. The van der Waals surface area contributed by atoms with Gasteiger partial charge >= 0.3 is 0 Å². The van der Waals surface area contributed by atoms with E-state index in [1.54, 1.807) is 0 Å². The lowest BCUT2D eigenvalue weighted by atomic mass is 10.1. The first-order valence-corrected chi connectivity index (χ1v) is 7.60. The molecule has 3 atom stereocenters. The van der Waals surface area contributed by atoms with E-state index in [4.69, 9.17) is 5.84 Å². The van der Waals surface area contributed by atoms with Gasteiger partial charge in [-0.3, -0.25) is 11.3 Å². The Morgan fingerprint density at radius 1 is 1.36 bits per heavy atom. The van der Waals surface area contributed by atoms with E-state index in [-0.39, 0.29) is 0 Å². The van der Waals surface area contributed by atoms with E-state index < -0.39 is 0 Å². The quantitative estimate of drug-likeness (QED) is 0.573. The third-order valence-corrected chi connectivity index (χ3v) is 6.38. The van der Waals surface area contributed by atoms with Gasteiger partial charge in [-0.25, -0.2) is 0 Å². The van der Waals surface area contributed by atoms with Gasteiger partial charge in [0.2, 0.25) is 0 Å². The number of thioether (sulfide) groups is 2. The summed E-state index contributed by atoms with van der Waals surface area (Å²) in [4.78, 5) is 0. The summed E-state index contributed by atoms with van der Waals surface area (Å²) in [7, 11) is 0. The Morgan fingerprint density at radius 2 is 2.07 bits per heavy atom. The Kier molecular flexibility index (Phi) is 4.05. The van der Waals surface area contributed by atoms with Crippen LogP contribution < -0.4 is 11.3 Å². The van der Waals surface area contributed by atoms with E-state index in [2.05, 4.69) is 35.9 Å². The molecule has 2 aliphatic rings. The largest absolute Gasteiger partial charge is 0.271 e. The third-order valence-electron chi connectivity index (χ3n) is 3.13. The topological polar surface area (TPSA) is 38.0 Å². The van der Waals surface area contributed by atoms with Crippen LogP contribution in [-0.4, -0.2) is 28.0 Å². The molecule has 0 radical (unpaired) electrons. The summed E-state index contributed by atoms with van der Waals surface area (Å²) < 4.78 is 0. The first-order chi connectivity index (χ1) is 6.81. The highest BCUT2D eigenvalue weighted by molar-refractivity contribution is 8.07. The van der Waals surface area contributed by atoms with E-state index >= 15 is 0 Å². The Bertz CT molecular complexity index is 185. The molecule has 3 N–H and O–H groups in total. The van der Waals surface area contributed by atoms with Gasteiger partial charge in [0.05, 0.1) is 0 Å². The fraction of sp³-hybridized carbons (Fsp3) is 1.00. The first-order valence-electron chi connectivity index (χ1n) is 5.50. The molecule has 1 aliphatic heterocycles. The van der Waals surface area contributed by atoms with Gasteiger partial charge in [0, 0.05) is 28.0 Å². The van der Waals surface area contributed by atoms with Gasteiger partial charge in [0.15, 0.2) is 0 Å². The van der Waals surface area contributed by atoms with Crippen LogP contribution in [0.2, 0.25) is 0 Å². The van der Waals surface area contributed by atoms with Crippen LogP contribution in [0.3, 0.4) is 0 Å². The molecule has 0 aromatic rings. The van der Waals surface area contributed by atoms with E-state index in [1.807, 2.05) is 0 Å². The molecule has 2 nitrogen and oxygen atoms in total. The maximum atomic E-state index is 5.67. The number of hydrazine groups is 1. The summed E-state index contributed by atoms with van der Waals surface area (Å²) in [6.45, 7) is 2.35. The van der Waals surface area contributed by atoms with Gasteiger partial charge in [0.25, 0.3) is 0 Å². The molecule has 0 amide bonds. The molecule has 4 heteroatoms. The molecule has 14 heavy (non-hydrogen) atoms. The van der Waals surface area contributed by atoms with Crippen LogP contribution in [0.5, 0.6) is 0 Å². The van der Waals surface area contributed by atoms with E-state index in [9.17, 15) is 0 Å². The van der Waals surface area contributed by atoms with Crippen molar-refractivity contribution in [1.29, 1.82) is 0 Å². The molecule has 1 heterocycles. The fourth-order valence-electron chi connectivity index (χ4n) is 2.10. The lowest BCUT2D eigenvalue weighted by Crippen LogP contribution is -2.47. The van der Waals surface area contributed by atoms with Crippen LogP contribution in [-0.2, 0) is 0 Å². The minimum Gasteiger partial charge on any atom is -0.271 e. The van der Waals surface area contributed by atoms with Crippen molar-refractivity contribution < 1.29 is 0 Å². The van der Waals surface area contributed by atoms with Crippen molar-refractivity contribution in [3.63, 3.8) is 0 Å². The Hall–Kier alpha value is 0.620. The number of nitrogens with one attached hydrogen (secondary N) is 1. The molecular formula is C10H20N2S2. The summed E-state index contributed by atoms with van der Waals surface area (Å²) in [6, 6.07) is 0.537. The van der Waals surface area contributed by atoms with Crippen LogP contribution >= 0.6 is 23.5 Å². The van der Waals surface area contributed by atoms with Gasteiger partial charge in [0.1, 0.15) is 0 Å². The summed E-state index contributed by atoms with van der Waals surface area (Å²) in [5.41, 5.74) is 3.04. The number of nitrogens with two attached hydrogens (primary N) is 1. The molecule has 2 fully saturated rings. The van der Waals surface area contributed by atoms with Crippen LogP contribution in [0, 0.1) is 5.92 Å². The average Bonchev–Trinajstić information content (AvgIpc) is 2.99. The fourth-order valence-corrected chi connectivity index (χ4v) is 5.06. The summed E-state index contributed by atoms with van der Waals surface area (Å²) >= 11 is 4.21. The molecular weight excluding hydrogens is 212 g/mol. The molecule has 1 saturated carbocycles. The zero-order chi connectivity index (χ0) is 9.97. The Balaban J connectivity index is 1.87. The van der Waals surface area contributed by atoms with Crippen LogP contribution in [0.4, 0.5) is 0 Å². The van der Waals surface area contributed by atoms with Crippen molar-refractivity contribution in [1.82, 2.24) is 5.43 Å². The molecule has 0 aromatic carbocycles. The summed E-state index contributed by atoms with van der Waals surface area (Å²) in [6.07, 6.45) is 4.15. The number of rotatable bonds is 4. The second-order valence-corrected chi connectivity index (χ2v) is 7.13. The molecule has 0 spiro atoms. The highest BCUT2D eigenvalue weighted by Gasteiger charge is 2.34. The molecule has 0 aromatic heterocycles. The normalized spacial score (nSPS) is 35.6. The highest BCUT2D eigenvalue weighted by Crippen LogP contribution is 2.39. The van der Waals surface area contributed by atoms with Crippen molar-refractivity contribution in [3.8, 4) is 0 Å². The zero-order valence-electron chi connectivity index (χ0n) is 8.74. The molecule has 1 saturated heterocycles. The van der Waals surface area contributed by atoms with E-state index in [0.29, 0.717) is 6.04 Å². The Morgan fingerprint density at radius 3 is 2.64 bits per heavy atom. The van der Waals surface area contributed by atoms with Crippen LogP contribution in [0.1, 0.15) is 26.2 Å². The van der Waals surface area contributed by atoms with Gasteiger partial charge < -0.3 is 0 Å². The highest BCUT2D eigenvalue weighted by atomic mass is 32.2. The van der Waals surface area contributed by atoms with Crippen molar-refractivity contribution in [3.05, 3.63) is 0 Å². The standard InChI is InChI=1S/C10H20N2S2/c1-7-10(14-5-4-13-7)9(12-11)6-8-2-3-8/h7-10,12H,2-6,11H2,1H3. The monoisotopic (exact) mass is 232 g/mol. The van der Waals surface area contributed by atoms with Crippen molar-refractivity contribution in [2.75, 3.05) is 11.5 Å². The molecule has 82 valence electrons. The second kappa shape index (κ2) is 5.10. The van der Waals surface area contributed by atoms with Crippen LogP contribution in [0.15, 0.2) is 0 Å². The van der Waals surface area contributed by atoms with E-state index in [1.165, 1.54) is 30.8 Å². The zero-order valence-corrected chi connectivity index (χ0v) is 10.4. The molecule has 0 bridgehead atoms. The molecule has 3 unspecified atom stereocenters. The van der Waals surface area contributed by atoms with Gasteiger partial charge in [-0.15, -0.1) is 0 Å². The van der Waals surface area contributed by atoms with Gasteiger partial charge in [-0.2, -0.15) is 23.5 Å². The van der Waals surface area contributed by atoms with Crippen molar-refractivity contribution in [2.45, 2.75) is 42.7 Å². The third kappa shape index (κ3) is 2.81. The summed E-state index contributed by atoms with van der Waals surface area (Å²) in [5.74, 6) is 9.24. The lowest BCUT2D eigenvalue weighted by molar-refractivity contribution is 0.450. The van der Waals surface area contributed by atoms with E-state index in [0.717, 1.165) is 16.4 Å². The molecule has 1 aliphatic carbocycles. The van der Waals surface area contributed by atoms with Crippen LogP contribution in [0.25, 0.3) is 0 Å². The van der Waals surface area contributed by atoms with Crippen molar-refractivity contribution >= 4 is 23.5 Å². The maximum Gasteiger partial charge on any atom is 0.0342 e. The average molecular weight is 232 g/mol. The maximum absolute atomic E-state index is 5.67. The van der Waals surface area contributed by atoms with Crippen molar-refractivity contribution in [2.24, 2.45) is 11.8 Å². The SMILES string of the molecule is CC1SCCSC1C(CC1CC1)NN. The lowest BCUT2D eigenvalue weighted by Gasteiger charge is -2.34. The minimum absolute atomic E-state index is 0.537. The predicted molar refractivity (Wildman–Crippen MR) is 66.6 cm³/mol. The van der Waals surface area contributed by atoms with Gasteiger partial charge in [-0.05, 0) is 12.3 Å². The smallest absolute Gasteiger partial charge is 0.0342 e. The Labute approximate surface area is 95.1 Å².